The van der Waals surface area contributed by atoms with Crippen LogP contribution in [0.15, 0.2) is 91.0 Å². The van der Waals surface area contributed by atoms with Crippen molar-refractivity contribution in [3.63, 3.8) is 0 Å². The Morgan fingerprint density at radius 3 is 2.42 bits per heavy atom. The Morgan fingerprint density at radius 2 is 1.65 bits per heavy atom. The number of hydrogen-bond donors (Lipinski definition) is 0. The Labute approximate surface area is 178 Å². The van der Waals surface area contributed by atoms with Crippen LogP contribution in [0.1, 0.15) is 0 Å². The molecule has 150 valence electrons. The van der Waals surface area contributed by atoms with Gasteiger partial charge in [-0.1, -0.05) is 42.5 Å². The molecular weight excluding hydrogens is 388 g/mol. The summed E-state index contributed by atoms with van der Waals surface area (Å²) in [5.41, 5.74) is 4.35. The Kier molecular flexibility index (Phi) is 4.56. The number of non-ortho nitro benzene ring substituents is 1. The summed E-state index contributed by atoms with van der Waals surface area (Å²) in [5.74, 6) is 0.773. The average molecular weight is 406 g/mol. The van der Waals surface area contributed by atoms with E-state index in [1.807, 2.05) is 54.6 Å². The van der Waals surface area contributed by atoms with Crippen molar-refractivity contribution in [1.82, 2.24) is 4.98 Å². The van der Waals surface area contributed by atoms with Crippen LogP contribution in [0.4, 0.5) is 5.69 Å². The van der Waals surface area contributed by atoms with Gasteiger partial charge in [0, 0.05) is 23.1 Å². The minimum atomic E-state index is -0.366. The molecule has 0 aliphatic heterocycles. The van der Waals surface area contributed by atoms with E-state index >= 15 is 0 Å². The van der Waals surface area contributed by atoms with E-state index in [0.717, 1.165) is 49.8 Å². The molecule has 5 nitrogen and oxygen atoms in total. The second kappa shape index (κ2) is 7.54. The molecule has 0 bridgehead atoms. The molecule has 0 fully saturated rings. The van der Waals surface area contributed by atoms with Gasteiger partial charge in [0.1, 0.15) is 5.75 Å². The molecule has 1 heterocycles. The van der Waals surface area contributed by atoms with Gasteiger partial charge in [-0.05, 0) is 58.3 Å². The Balaban J connectivity index is 1.84. The van der Waals surface area contributed by atoms with Crippen molar-refractivity contribution in [2.75, 3.05) is 7.11 Å². The molecule has 0 saturated heterocycles. The van der Waals surface area contributed by atoms with Gasteiger partial charge in [-0.2, -0.15) is 0 Å². The van der Waals surface area contributed by atoms with Crippen molar-refractivity contribution in [2.24, 2.45) is 0 Å². The third-order valence-corrected chi connectivity index (χ3v) is 5.45. The zero-order chi connectivity index (χ0) is 21.4. The Morgan fingerprint density at radius 1 is 0.839 bits per heavy atom. The number of aromatic nitrogens is 1. The third kappa shape index (κ3) is 3.36. The highest BCUT2D eigenvalue weighted by Gasteiger charge is 2.15. The minimum absolute atomic E-state index is 0.0636. The third-order valence-electron chi connectivity index (χ3n) is 5.45. The summed E-state index contributed by atoms with van der Waals surface area (Å²) in [4.78, 5) is 15.9. The average Bonchev–Trinajstić information content (AvgIpc) is 2.83. The molecule has 0 amide bonds. The van der Waals surface area contributed by atoms with Gasteiger partial charge < -0.3 is 4.74 Å². The summed E-state index contributed by atoms with van der Waals surface area (Å²) in [5, 5.41) is 14.5. The van der Waals surface area contributed by atoms with E-state index in [1.165, 1.54) is 6.07 Å². The number of methoxy groups -OCH3 is 1. The van der Waals surface area contributed by atoms with Crippen molar-refractivity contribution in [3.8, 4) is 28.1 Å². The van der Waals surface area contributed by atoms with Crippen LogP contribution in [0.2, 0.25) is 0 Å². The van der Waals surface area contributed by atoms with Crippen molar-refractivity contribution in [3.05, 3.63) is 101 Å². The standard InChI is InChI=1S/C26H18N2O3/c1-31-21-12-9-18(10-13-21)25-16-23(19-6-4-7-20(15-19)28(29)30)26-22-8-3-2-5-17(22)11-14-24(26)27-25/h2-16H,1H3. The van der Waals surface area contributed by atoms with E-state index in [4.69, 9.17) is 9.72 Å². The molecule has 31 heavy (non-hydrogen) atoms. The highest BCUT2D eigenvalue weighted by Crippen LogP contribution is 2.37. The van der Waals surface area contributed by atoms with E-state index in [0.29, 0.717) is 0 Å². The number of fused-ring (bicyclic) bond motifs is 3. The van der Waals surface area contributed by atoms with Crippen molar-refractivity contribution >= 4 is 27.4 Å². The van der Waals surface area contributed by atoms with Crippen LogP contribution < -0.4 is 4.74 Å². The minimum Gasteiger partial charge on any atom is -0.497 e. The lowest BCUT2D eigenvalue weighted by atomic mass is 9.94. The van der Waals surface area contributed by atoms with Gasteiger partial charge in [0.05, 0.1) is 23.2 Å². The normalized spacial score (nSPS) is 11.0. The van der Waals surface area contributed by atoms with Gasteiger partial charge >= 0.3 is 0 Å². The molecule has 1 aromatic heterocycles. The number of pyridine rings is 1. The number of benzene rings is 4. The predicted octanol–water partition coefficient (Wildman–Crippen LogP) is 6.64. The fraction of sp³-hybridized carbons (Fsp3) is 0.0385. The zero-order valence-electron chi connectivity index (χ0n) is 16.8. The second-order valence-corrected chi connectivity index (χ2v) is 7.27. The van der Waals surface area contributed by atoms with Crippen LogP contribution in [0.25, 0.3) is 44.1 Å². The maximum Gasteiger partial charge on any atom is 0.270 e. The summed E-state index contributed by atoms with van der Waals surface area (Å²) in [7, 11) is 1.63. The molecule has 0 spiro atoms. The summed E-state index contributed by atoms with van der Waals surface area (Å²) in [6.45, 7) is 0. The van der Waals surface area contributed by atoms with Crippen LogP contribution in [0.3, 0.4) is 0 Å². The van der Waals surface area contributed by atoms with Crippen molar-refractivity contribution < 1.29 is 9.66 Å². The predicted molar refractivity (Wildman–Crippen MR) is 123 cm³/mol. The van der Waals surface area contributed by atoms with E-state index in [1.54, 1.807) is 19.2 Å². The SMILES string of the molecule is COc1ccc(-c2cc(-c3cccc([N+](=O)[O-])c3)c3c(ccc4ccccc43)n2)cc1. The van der Waals surface area contributed by atoms with Gasteiger partial charge in [-0.3, -0.25) is 10.1 Å². The number of ether oxygens (including phenoxy) is 1. The molecular formula is C26H18N2O3. The van der Waals surface area contributed by atoms with Gasteiger partial charge in [-0.25, -0.2) is 4.98 Å². The molecule has 5 aromatic rings. The molecule has 0 aliphatic carbocycles. The van der Waals surface area contributed by atoms with Gasteiger partial charge in [0.15, 0.2) is 0 Å². The fourth-order valence-electron chi connectivity index (χ4n) is 3.93. The first-order chi connectivity index (χ1) is 15.1. The van der Waals surface area contributed by atoms with Gasteiger partial charge in [-0.15, -0.1) is 0 Å². The first-order valence-corrected chi connectivity index (χ1v) is 9.86. The highest BCUT2D eigenvalue weighted by atomic mass is 16.6. The maximum absolute atomic E-state index is 11.4. The van der Waals surface area contributed by atoms with E-state index in [-0.39, 0.29) is 10.6 Å². The van der Waals surface area contributed by atoms with Gasteiger partial charge in [0.2, 0.25) is 0 Å². The van der Waals surface area contributed by atoms with Crippen LogP contribution in [0.5, 0.6) is 5.75 Å². The zero-order valence-corrected chi connectivity index (χ0v) is 16.8. The quantitative estimate of drug-likeness (QED) is 0.191. The fourth-order valence-corrected chi connectivity index (χ4v) is 3.93. The first-order valence-electron chi connectivity index (χ1n) is 9.86. The molecule has 4 aromatic carbocycles. The molecule has 0 radical (unpaired) electrons. The second-order valence-electron chi connectivity index (χ2n) is 7.27. The van der Waals surface area contributed by atoms with E-state index in [9.17, 15) is 10.1 Å². The molecule has 0 unspecified atom stereocenters. The van der Waals surface area contributed by atoms with Gasteiger partial charge in [0.25, 0.3) is 5.69 Å². The monoisotopic (exact) mass is 406 g/mol. The van der Waals surface area contributed by atoms with E-state index in [2.05, 4.69) is 18.2 Å². The molecule has 5 heteroatoms. The largest absolute Gasteiger partial charge is 0.497 e. The lowest BCUT2D eigenvalue weighted by Crippen LogP contribution is -1.93. The lowest BCUT2D eigenvalue weighted by Gasteiger charge is -2.13. The first kappa shape index (κ1) is 18.8. The number of hydrogen-bond acceptors (Lipinski definition) is 4. The highest BCUT2D eigenvalue weighted by molar-refractivity contribution is 6.13. The maximum atomic E-state index is 11.4. The summed E-state index contributed by atoms with van der Waals surface area (Å²) in [6, 6.07) is 28.7. The number of nitrogens with zero attached hydrogens (tertiary/aromatic N) is 2. The van der Waals surface area contributed by atoms with Crippen molar-refractivity contribution in [2.45, 2.75) is 0 Å². The summed E-state index contributed by atoms with van der Waals surface area (Å²) in [6.07, 6.45) is 0. The summed E-state index contributed by atoms with van der Waals surface area (Å²) < 4.78 is 5.27. The summed E-state index contributed by atoms with van der Waals surface area (Å²) >= 11 is 0. The van der Waals surface area contributed by atoms with Crippen LogP contribution in [0, 0.1) is 10.1 Å². The molecule has 5 rings (SSSR count). The molecule has 0 saturated carbocycles. The van der Waals surface area contributed by atoms with E-state index < -0.39 is 0 Å². The number of rotatable bonds is 4. The Hall–Kier alpha value is -4.25. The topological polar surface area (TPSA) is 65.3 Å². The van der Waals surface area contributed by atoms with Crippen LogP contribution >= 0.6 is 0 Å². The van der Waals surface area contributed by atoms with Crippen LogP contribution in [-0.4, -0.2) is 17.0 Å². The van der Waals surface area contributed by atoms with Crippen molar-refractivity contribution in [1.29, 1.82) is 0 Å². The number of nitro benzene ring substituents is 1. The smallest absolute Gasteiger partial charge is 0.270 e. The lowest BCUT2D eigenvalue weighted by molar-refractivity contribution is -0.384. The van der Waals surface area contributed by atoms with Crippen LogP contribution in [-0.2, 0) is 0 Å². The molecule has 0 aliphatic rings. The number of nitro groups is 1. The molecule has 0 N–H and O–H groups in total. The Bertz CT molecular complexity index is 1440. The molecule has 0 atom stereocenters.